The van der Waals surface area contributed by atoms with Gasteiger partial charge in [-0.3, -0.25) is 0 Å². The predicted molar refractivity (Wildman–Crippen MR) is 66.1 cm³/mol. The standard InChI is InChI=1S/C13H21NO/c1-7-14(5)12-10(3)8-9(2)11(4)13(12)15-6/h8H,7H2,1-6H3. The van der Waals surface area contributed by atoms with Gasteiger partial charge in [0, 0.05) is 13.6 Å². The number of hydrogen-bond donors (Lipinski definition) is 0. The van der Waals surface area contributed by atoms with Crippen molar-refractivity contribution in [1.82, 2.24) is 0 Å². The summed E-state index contributed by atoms with van der Waals surface area (Å²) in [5, 5.41) is 0. The molecule has 0 aromatic heterocycles. The topological polar surface area (TPSA) is 12.5 Å². The van der Waals surface area contributed by atoms with Crippen LogP contribution in [-0.2, 0) is 0 Å². The minimum atomic E-state index is 0.986. The second-order valence-corrected chi connectivity index (χ2v) is 4.03. The van der Waals surface area contributed by atoms with Crippen LogP contribution in [0, 0.1) is 20.8 Å². The third-order valence-corrected chi connectivity index (χ3v) is 3.01. The summed E-state index contributed by atoms with van der Waals surface area (Å²) in [6.45, 7) is 9.51. The highest BCUT2D eigenvalue weighted by Gasteiger charge is 2.14. The summed E-state index contributed by atoms with van der Waals surface area (Å²) in [6, 6.07) is 2.22. The van der Waals surface area contributed by atoms with E-state index in [0.717, 1.165) is 12.3 Å². The van der Waals surface area contributed by atoms with Crippen LogP contribution in [-0.4, -0.2) is 20.7 Å². The third-order valence-electron chi connectivity index (χ3n) is 3.01. The monoisotopic (exact) mass is 207 g/mol. The molecule has 15 heavy (non-hydrogen) atoms. The maximum atomic E-state index is 5.52. The van der Waals surface area contributed by atoms with Crippen molar-refractivity contribution in [3.63, 3.8) is 0 Å². The van der Waals surface area contributed by atoms with E-state index in [4.69, 9.17) is 4.74 Å². The summed E-state index contributed by atoms with van der Waals surface area (Å²) in [5.74, 6) is 1.01. The number of nitrogens with zero attached hydrogens (tertiary/aromatic N) is 1. The minimum Gasteiger partial charge on any atom is -0.494 e. The Labute approximate surface area is 92.9 Å². The molecule has 0 aliphatic carbocycles. The summed E-state index contributed by atoms with van der Waals surface area (Å²) in [6.07, 6.45) is 0. The second kappa shape index (κ2) is 4.56. The Morgan fingerprint density at radius 3 is 2.27 bits per heavy atom. The number of hydrogen-bond acceptors (Lipinski definition) is 2. The lowest BCUT2D eigenvalue weighted by atomic mass is 10.0. The maximum Gasteiger partial charge on any atom is 0.145 e. The molecule has 2 nitrogen and oxygen atoms in total. The Morgan fingerprint density at radius 2 is 1.80 bits per heavy atom. The molecule has 0 radical (unpaired) electrons. The zero-order valence-corrected chi connectivity index (χ0v) is 10.6. The van der Waals surface area contributed by atoms with Gasteiger partial charge in [0.1, 0.15) is 5.75 Å². The van der Waals surface area contributed by atoms with E-state index < -0.39 is 0 Å². The van der Waals surface area contributed by atoms with E-state index in [9.17, 15) is 0 Å². The molecule has 84 valence electrons. The first kappa shape index (κ1) is 11.9. The van der Waals surface area contributed by atoms with Gasteiger partial charge in [0.15, 0.2) is 0 Å². The highest BCUT2D eigenvalue weighted by atomic mass is 16.5. The number of anilines is 1. The molecule has 1 aromatic rings. The predicted octanol–water partition coefficient (Wildman–Crippen LogP) is 3.08. The van der Waals surface area contributed by atoms with Crippen molar-refractivity contribution in [1.29, 1.82) is 0 Å². The van der Waals surface area contributed by atoms with Crippen LogP contribution in [0.3, 0.4) is 0 Å². The molecular formula is C13H21NO. The first-order valence-corrected chi connectivity index (χ1v) is 5.38. The van der Waals surface area contributed by atoms with Gasteiger partial charge in [0.25, 0.3) is 0 Å². The van der Waals surface area contributed by atoms with Crippen LogP contribution in [0.2, 0.25) is 0 Å². The molecule has 0 N–H and O–H groups in total. The van der Waals surface area contributed by atoms with Crippen molar-refractivity contribution in [2.75, 3.05) is 25.6 Å². The van der Waals surface area contributed by atoms with Gasteiger partial charge in [-0.1, -0.05) is 6.07 Å². The molecule has 0 amide bonds. The Hall–Kier alpha value is -1.18. The highest BCUT2D eigenvalue weighted by molar-refractivity contribution is 5.67. The van der Waals surface area contributed by atoms with Crippen LogP contribution in [0.4, 0.5) is 5.69 Å². The van der Waals surface area contributed by atoms with Gasteiger partial charge in [-0.15, -0.1) is 0 Å². The van der Waals surface area contributed by atoms with Crippen LogP contribution < -0.4 is 9.64 Å². The van der Waals surface area contributed by atoms with E-state index in [1.807, 2.05) is 0 Å². The smallest absolute Gasteiger partial charge is 0.145 e. The number of ether oxygens (including phenoxy) is 1. The summed E-state index contributed by atoms with van der Waals surface area (Å²) >= 11 is 0. The second-order valence-electron chi connectivity index (χ2n) is 4.03. The van der Waals surface area contributed by atoms with Gasteiger partial charge in [-0.05, 0) is 44.4 Å². The largest absolute Gasteiger partial charge is 0.494 e. The lowest BCUT2D eigenvalue weighted by Gasteiger charge is -2.24. The molecule has 0 bridgehead atoms. The molecule has 0 saturated carbocycles. The molecule has 0 fully saturated rings. The molecule has 0 aliphatic heterocycles. The fourth-order valence-corrected chi connectivity index (χ4v) is 1.92. The SMILES string of the molecule is CCN(C)c1c(C)cc(C)c(C)c1OC. The van der Waals surface area contributed by atoms with E-state index in [1.54, 1.807) is 7.11 Å². The molecule has 1 rings (SSSR count). The van der Waals surface area contributed by atoms with Crippen molar-refractivity contribution in [3.8, 4) is 5.75 Å². The van der Waals surface area contributed by atoms with Crippen LogP contribution in [0.1, 0.15) is 23.6 Å². The van der Waals surface area contributed by atoms with Crippen LogP contribution >= 0.6 is 0 Å². The first-order valence-electron chi connectivity index (χ1n) is 5.38. The van der Waals surface area contributed by atoms with Crippen molar-refractivity contribution in [2.24, 2.45) is 0 Å². The Kier molecular flexibility index (Phi) is 3.61. The summed E-state index contributed by atoms with van der Waals surface area (Å²) < 4.78 is 5.52. The number of aryl methyl sites for hydroxylation is 2. The summed E-state index contributed by atoms with van der Waals surface area (Å²) in [5.41, 5.74) is 5.01. The fourth-order valence-electron chi connectivity index (χ4n) is 1.92. The van der Waals surface area contributed by atoms with E-state index in [-0.39, 0.29) is 0 Å². The molecule has 0 spiro atoms. The zero-order chi connectivity index (χ0) is 11.6. The maximum absolute atomic E-state index is 5.52. The molecule has 0 heterocycles. The molecule has 0 atom stereocenters. The van der Waals surface area contributed by atoms with Gasteiger partial charge in [-0.25, -0.2) is 0 Å². The van der Waals surface area contributed by atoms with Gasteiger partial charge in [-0.2, -0.15) is 0 Å². The van der Waals surface area contributed by atoms with Crippen molar-refractivity contribution >= 4 is 5.69 Å². The summed E-state index contributed by atoms with van der Waals surface area (Å²) in [7, 11) is 3.84. The molecule has 1 aromatic carbocycles. The zero-order valence-electron chi connectivity index (χ0n) is 10.6. The Balaban J connectivity index is 3.41. The number of methoxy groups -OCH3 is 1. The van der Waals surface area contributed by atoms with Gasteiger partial charge in [0.2, 0.25) is 0 Å². The van der Waals surface area contributed by atoms with Crippen LogP contribution in [0.15, 0.2) is 6.07 Å². The van der Waals surface area contributed by atoms with Gasteiger partial charge in [0.05, 0.1) is 12.8 Å². The average molecular weight is 207 g/mol. The highest BCUT2D eigenvalue weighted by Crippen LogP contribution is 2.36. The van der Waals surface area contributed by atoms with E-state index in [0.29, 0.717) is 0 Å². The van der Waals surface area contributed by atoms with Gasteiger partial charge < -0.3 is 9.64 Å². The van der Waals surface area contributed by atoms with E-state index >= 15 is 0 Å². The van der Waals surface area contributed by atoms with Crippen LogP contribution in [0.5, 0.6) is 5.75 Å². The molecule has 2 heteroatoms. The Bertz CT molecular complexity index is 358. The molecular weight excluding hydrogens is 186 g/mol. The van der Waals surface area contributed by atoms with Crippen LogP contribution in [0.25, 0.3) is 0 Å². The van der Waals surface area contributed by atoms with E-state index in [1.165, 1.54) is 22.4 Å². The lowest BCUT2D eigenvalue weighted by molar-refractivity contribution is 0.411. The molecule has 0 aliphatic rings. The molecule has 0 unspecified atom stereocenters. The quantitative estimate of drug-likeness (QED) is 0.755. The average Bonchev–Trinajstić information content (AvgIpc) is 2.21. The number of rotatable bonds is 3. The molecule has 0 saturated heterocycles. The lowest BCUT2D eigenvalue weighted by Crippen LogP contribution is -2.18. The minimum absolute atomic E-state index is 0.986. The van der Waals surface area contributed by atoms with Gasteiger partial charge >= 0.3 is 0 Å². The normalized spacial score (nSPS) is 10.3. The first-order chi connectivity index (χ1) is 7.02. The van der Waals surface area contributed by atoms with Crippen molar-refractivity contribution in [3.05, 3.63) is 22.8 Å². The van der Waals surface area contributed by atoms with E-state index in [2.05, 4.69) is 45.7 Å². The summed E-state index contributed by atoms with van der Waals surface area (Å²) in [4.78, 5) is 2.22. The number of benzene rings is 1. The fraction of sp³-hybridized carbons (Fsp3) is 0.538. The van der Waals surface area contributed by atoms with Crippen molar-refractivity contribution in [2.45, 2.75) is 27.7 Å². The third kappa shape index (κ3) is 2.09. The Morgan fingerprint density at radius 1 is 1.20 bits per heavy atom. The van der Waals surface area contributed by atoms with Crippen molar-refractivity contribution < 1.29 is 4.74 Å².